The van der Waals surface area contributed by atoms with E-state index in [1.54, 1.807) is 6.92 Å². The average Bonchev–Trinajstić information content (AvgIpc) is 2.66. The Labute approximate surface area is 102 Å². The Morgan fingerprint density at radius 2 is 1.71 bits per heavy atom. The highest BCUT2D eigenvalue weighted by atomic mass is 16.8. The first-order valence-corrected chi connectivity index (χ1v) is 6.06. The van der Waals surface area contributed by atoms with Gasteiger partial charge in [0.2, 0.25) is 0 Å². The summed E-state index contributed by atoms with van der Waals surface area (Å²) in [5.74, 6) is -1.29. The molecule has 2 rings (SSSR count). The standard InChI is InChI=1S/C12H22O5/c1-7(13)9-10(17-12(4,5)16-9)8-6-14-11(2,3)15-8/h7-10,13H,6H2,1-5H3/t7-,8-,9-,10-/m0/s1. The monoisotopic (exact) mass is 246 g/mol. The first-order valence-electron chi connectivity index (χ1n) is 6.06. The van der Waals surface area contributed by atoms with Gasteiger partial charge in [-0.25, -0.2) is 0 Å². The second-order valence-electron chi connectivity index (χ2n) is 5.67. The van der Waals surface area contributed by atoms with Crippen molar-refractivity contribution in [1.29, 1.82) is 0 Å². The molecule has 100 valence electrons. The smallest absolute Gasteiger partial charge is 0.164 e. The van der Waals surface area contributed by atoms with Gasteiger partial charge in [-0.05, 0) is 34.6 Å². The van der Waals surface area contributed by atoms with Crippen LogP contribution in [0.1, 0.15) is 34.6 Å². The van der Waals surface area contributed by atoms with E-state index in [1.807, 2.05) is 27.7 Å². The van der Waals surface area contributed by atoms with Crippen molar-refractivity contribution in [2.75, 3.05) is 6.61 Å². The van der Waals surface area contributed by atoms with Gasteiger partial charge in [0.25, 0.3) is 0 Å². The molecule has 2 fully saturated rings. The molecule has 2 saturated heterocycles. The summed E-state index contributed by atoms with van der Waals surface area (Å²) in [4.78, 5) is 0. The summed E-state index contributed by atoms with van der Waals surface area (Å²) in [5, 5.41) is 9.74. The Hall–Kier alpha value is -0.200. The van der Waals surface area contributed by atoms with Crippen LogP contribution in [0.25, 0.3) is 0 Å². The fourth-order valence-electron chi connectivity index (χ4n) is 2.36. The molecule has 2 aliphatic rings. The van der Waals surface area contributed by atoms with Gasteiger partial charge in [0.15, 0.2) is 11.6 Å². The maximum absolute atomic E-state index is 9.74. The third kappa shape index (κ3) is 2.80. The van der Waals surface area contributed by atoms with Crippen molar-refractivity contribution in [2.24, 2.45) is 0 Å². The van der Waals surface area contributed by atoms with Crippen molar-refractivity contribution < 1.29 is 24.1 Å². The minimum Gasteiger partial charge on any atom is -0.391 e. The summed E-state index contributed by atoms with van der Waals surface area (Å²) in [7, 11) is 0. The van der Waals surface area contributed by atoms with Gasteiger partial charge in [-0.1, -0.05) is 0 Å². The largest absolute Gasteiger partial charge is 0.391 e. The SMILES string of the molecule is C[C@H](O)[C@@H]1OC(C)(C)O[C@H]1[C@@H]1COC(C)(C)O1. The number of hydrogen-bond donors (Lipinski definition) is 1. The number of aliphatic hydroxyl groups is 1. The Bertz CT molecular complexity index is 287. The fraction of sp³-hybridized carbons (Fsp3) is 1.00. The van der Waals surface area contributed by atoms with E-state index in [1.165, 1.54) is 0 Å². The fourth-order valence-corrected chi connectivity index (χ4v) is 2.36. The Morgan fingerprint density at radius 3 is 2.18 bits per heavy atom. The van der Waals surface area contributed by atoms with E-state index in [9.17, 15) is 5.11 Å². The van der Waals surface area contributed by atoms with Gasteiger partial charge in [0, 0.05) is 0 Å². The Kier molecular flexibility index (Phi) is 3.25. The molecule has 2 heterocycles. The lowest BCUT2D eigenvalue weighted by Crippen LogP contribution is -2.42. The first-order chi connectivity index (χ1) is 7.70. The average molecular weight is 246 g/mol. The summed E-state index contributed by atoms with van der Waals surface area (Å²) < 4.78 is 22.8. The van der Waals surface area contributed by atoms with Gasteiger partial charge in [0.1, 0.15) is 18.3 Å². The van der Waals surface area contributed by atoms with Crippen LogP contribution in [0, 0.1) is 0 Å². The summed E-state index contributed by atoms with van der Waals surface area (Å²) in [6, 6.07) is 0. The first kappa shape index (κ1) is 13.2. The third-order valence-electron chi connectivity index (χ3n) is 3.04. The van der Waals surface area contributed by atoms with Gasteiger partial charge < -0.3 is 24.1 Å². The molecule has 2 aliphatic heterocycles. The molecule has 0 aromatic heterocycles. The molecular formula is C12H22O5. The lowest BCUT2D eigenvalue weighted by Gasteiger charge is -2.24. The second-order valence-corrected chi connectivity index (χ2v) is 5.67. The van der Waals surface area contributed by atoms with E-state index in [2.05, 4.69) is 0 Å². The minimum atomic E-state index is -0.692. The molecule has 0 aromatic rings. The molecule has 0 aliphatic carbocycles. The molecule has 4 atom stereocenters. The topological polar surface area (TPSA) is 57.2 Å². The van der Waals surface area contributed by atoms with Crippen LogP contribution in [-0.2, 0) is 18.9 Å². The molecule has 0 aromatic carbocycles. The van der Waals surface area contributed by atoms with Gasteiger partial charge in [-0.3, -0.25) is 0 Å². The minimum absolute atomic E-state index is 0.202. The zero-order valence-electron chi connectivity index (χ0n) is 11.1. The molecule has 0 bridgehead atoms. The van der Waals surface area contributed by atoms with Crippen LogP contribution in [0.2, 0.25) is 0 Å². The zero-order valence-corrected chi connectivity index (χ0v) is 11.1. The Morgan fingerprint density at radius 1 is 1.06 bits per heavy atom. The molecule has 1 N–H and O–H groups in total. The van der Waals surface area contributed by atoms with Crippen LogP contribution in [0.15, 0.2) is 0 Å². The van der Waals surface area contributed by atoms with Crippen molar-refractivity contribution in [3.8, 4) is 0 Å². The quantitative estimate of drug-likeness (QED) is 0.789. The van der Waals surface area contributed by atoms with Gasteiger partial charge in [-0.2, -0.15) is 0 Å². The van der Waals surface area contributed by atoms with Crippen LogP contribution in [0.4, 0.5) is 0 Å². The zero-order chi connectivity index (χ0) is 12.8. The van der Waals surface area contributed by atoms with Crippen molar-refractivity contribution >= 4 is 0 Å². The molecule has 0 spiro atoms. The third-order valence-corrected chi connectivity index (χ3v) is 3.04. The van der Waals surface area contributed by atoms with Crippen molar-refractivity contribution in [2.45, 2.75) is 70.6 Å². The van der Waals surface area contributed by atoms with E-state index in [0.717, 1.165) is 0 Å². The summed E-state index contributed by atoms with van der Waals surface area (Å²) in [6.07, 6.45) is -1.49. The number of hydrogen-bond acceptors (Lipinski definition) is 5. The van der Waals surface area contributed by atoms with Gasteiger partial charge in [0.05, 0.1) is 12.7 Å². The number of aliphatic hydroxyl groups excluding tert-OH is 1. The lowest BCUT2D eigenvalue weighted by molar-refractivity contribution is -0.175. The molecule has 17 heavy (non-hydrogen) atoms. The van der Waals surface area contributed by atoms with Crippen molar-refractivity contribution in [3.63, 3.8) is 0 Å². The van der Waals surface area contributed by atoms with Crippen molar-refractivity contribution in [1.82, 2.24) is 0 Å². The predicted octanol–water partition coefficient (Wildman–Crippen LogP) is 1.04. The van der Waals surface area contributed by atoms with E-state index in [-0.39, 0.29) is 18.3 Å². The maximum atomic E-state index is 9.74. The number of rotatable bonds is 2. The summed E-state index contributed by atoms with van der Waals surface area (Å²) in [6.45, 7) is 9.56. The molecule has 5 nitrogen and oxygen atoms in total. The summed E-state index contributed by atoms with van der Waals surface area (Å²) >= 11 is 0. The molecule has 0 amide bonds. The molecule has 0 radical (unpaired) electrons. The van der Waals surface area contributed by atoms with Gasteiger partial charge >= 0.3 is 0 Å². The second kappa shape index (κ2) is 4.17. The molecule has 0 unspecified atom stereocenters. The highest BCUT2D eigenvalue weighted by Crippen LogP contribution is 2.36. The van der Waals surface area contributed by atoms with Crippen LogP contribution in [-0.4, -0.2) is 47.7 Å². The lowest BCUT2D eigenvalue weighted by atomic mass is 10.0. The molecule has 5 heteroatoms. The van der Waals surface area contributed by atoms with Crippen LogP contribution >= 0.6 is 0 Å². The van der Waals surface area contributed by atoms with E-state index < -0.39 is 17.7 Å². The molecular weight excluding hydrogens is 224 g/mol. The highest BCUT2D eigenvalue weighted by Gasteiger charge is 2.51. The van der Waals surface area contributed by atoms with E-state index in [4.69, 9.17) is 18.9 Å². The number of ether oxygens (including phenoxy) is 4. The van der Waals surface area contributed by atoms with Crippen LogP contribution < -0.4 is 0 Å². The molecule has 0 saturated carbocycles. The highest BCUT2D eigenvalue weighted by molar-refractivity contribution is 4.92. The predicted molar refractivity (Wildman–Crippen MR) is 60.4 cm³/mol. The normalized spacial score (nSPS) is 41.6. The summed E-state index contributed by atoms with van der Waals surface area (Å²) in [5.41, 5.74) is 0. The Balaban J connectivity index is 2.09. The maximum Gasteiger partial charge on any atom is 0.164 e. The van der Waals surface area contributed by atoms with E-state index >= 15 is 0 Å². The van der Waals surface area contributed by atoms with Crippen LogP contribution in [0.3, 0.4) is 0 Å². The van der Waals surface area contributed by atoms with Crippen molar-refractivity contribution in [3.05, 3.63) is 0 Å². The van der Waals surface area contributed by atoms with E-state index in [0.29, 0.717) is 6.61 Å². The van der Waals surface area contributed by atoms with Crippen LogP contribution in [0.5, 0.6) is 0 Å². The van der Waals surface area contributed by atoms with Gasteiger partial charge in [-0.15, -0.1) is 0 Å².